The Labute approximate surface area is 208 Å². The summed E-state index contributed by atoms with van der Waals surface area (Å²) < 4.78 is 5.51. The molecule has 0 heterocycles. The van der Waals surface area contributed by atoms with E-state index in [1.807, 2.05) is 0 Å². The zero-order valence-corrected chi connectivity index (χ0v) is 23.2. The molecule has 4 fully saturated rings. The van der Waals surface area contributed by atoms with Crippen LogP contribution in [-0.2, 0) is 9.53 Å². The number of hydrogen-bond donors (Lipinski definition) is 1. The number of hydrogen-bond acceptors (Lipinski definition) is 3. The van der Waals surface area contributed by atoms with Gasteiger partial charge in [0, 0.05) is 0 Å². The zero-order valence-electron chi connectivity index (χ0n) is 23.2. The van der Waals surface area contributed by atoms with E-state index < -0.39 is 0 Å². The van der Waals surface area contributed by atoms with E-state index in [-0.39, 0.29) is 39.1 Å². The van der Waals surface area contributed by atoms with Gasteiger partial charge in [0.25, 0.3) is 0 Å². The van der Waals surface area contributed by atoms with Crippen molar-refractivity contribution in [3.05, 3.63) is 11.6 Å². The van der Waals surface area contributed by atoms with Gasteiger partial charge in [0.2, 0.25) is 0 Å². The fourth-order valence-electron chi connectivity index (χ4n) is 11.0. The molecule has 3 nitrogen and oxygen atoms in total. The molecule has 5 rings (SSSR count). The van der Waals surface area contributed by atoms with Crippen molar-refractivity contribution in [3.8, 4) is 0 Å². The Morgan fingerprint density at radius 3 is 2.32 bits per heavy atom. The molecule has 0 aromatic heterocycles. The standard InChI is InChI=1S/C31H50O3/c1-19-11-16-31(26(33)34-8)18-17-29(6)21(25(31)20(19)2)9-10-23-28(5)14-13-24(32)27(3,4)22(28)12-15-30(23,29)7/h9,19-20,22-25,32H,10-18H2,1-8H3/t19-,20+,22+,23-,24-,25-,28+,29-,30-,31+/m1/s1. The number of methoxy groups -OCH3 is 1. The van der Waals surface area contributed by atoms with E-state index in [0.29, 0.717) is 29.6 Å². The monoisotopic (exact) mass is 470 g/mol. The maximum absolute atomic E-state index is 13.4. The van der Waals surface area contributed by atoms with Crippen molar-refractivity contribution in [2.24, 2.45) is 56.7 Å². The summed E-state index contributed by atoms with van der Waals surface area (Å²) in [5.74, 6) is 2.73. The molecule has 0 saturated heterocycles. The van der Waals surface area contributed by atoms with Gasteiger partial charge in [0.15, 0.2) is 0 Å². The summed E-state index contributed by atoms with van der Waals surface area (Å²) in [6, 6.07) is 0. The molecule has 0 spiro atoms. The van der Waals surface area contributed by atoms with Crippen LogP contribution in [0.2, 0.25) is 0 Å². The Balaban J connectivity index is 1.61. The number of carbonyl (C=O) groups excluding carboxylic acids is 1. The highest BCUT2D eigenvalue weighted by molar-refractivity contribution is 5.78. The highest BCUT2D eigenvalue weighted by Gasteiger charge is 2.69. The van der Waals surface area contributed by atoms with Crippen molar-refractivity contribution in [3.63, 3.8) is 0 Å². The largest absolute Gasteiger partial charge is 0.469 e. The summed E-state index contributed by atoms with van der Waals surface area (Å²) in [5.41, 5.74) is 1.91. The molecule has 0 aliphatic heterocycles. The normalized spacial score (nSPS) is 54.0. The summed E-state index contributed by atoms with van der Waals surface area (Å²) >= 11 is 0. The number of aliphatic hydroxyl groups is 1. The topological polar surface area (TPSA) is 46.5 Å². The maximum Gasteiger partial charge on any atom is 0.312 e. The third-order valence-corrected chi connectivity index (χ3v) is 13.6. The molecule has 0 aromatic rings. The Morgan fingerprint density at radius 2 is 1.65 bits per heavy atom. The number of carbonyl (C=O) groups is 1. The molecule has 192 valence electrons. The molecule has 4 saturated carbocycles. The van der Waals surface area contributed by atoms with Crippen LogP contribution in [0.1, 0.15) is 106 Å². The number of rotatable bonds is 1. The van der Waals surface area contributed by atoms with E-state index >= 15 is 0 Å². The lowest BCUT2D eigenvalue weighted by molar-refractivity contribution is -0.207. The van der Waals surface area contributed by atoms with Gasteiger partial charge in [0.1, 0.15) is 0 Å². The Hall–Kier alpha value is -0.830. The van der Waals surface area contributed by atoms with Crippen LogP contribution in [-0.4, -0.2) is 24.3 Å². The molecule has 3 heteroatoms. The molecular formula is C31H50O3. The molecule has 0 aromatic carbocycles. The van der Waals surface area contributed by atoms with Gasteiger partial charge in [-0.25, -0.2) is 0 Å². The summed E-state index contributed by atoms with van der Waals surface area (Å²) in [4.78, 5) is 13.4. The number of aliphatic hydroxyl groups excluding tert-OH is 1. The Kier molecular flexibility index (Phi) is 5.55. The predicted octanol–water partition coefficient (Wildman–Crippen LogP) is 7.18. The number of ether oxygens (including phenoxy) is 1. The third-order valence-electron chi connectivity index (χ3n) is 13.6. The quantitative estimate of drug-likeness (QED) is 0.326. The highest BCUT2D eigenvalue weighted by Crippen LogP contribution is 2.75. The zero-order chi connectivity index (χ0) is 24.9. The fraction of sp³-hybridized carbons (Fsp3) is 0.903. The van der Waals surface area contributed by atoms with E-state index in [9.17, 15) is 9.90 Å². The average molecular weight is 471 g/mol. The van der Waals surface area contributed by atoms with Gasteiger partial charge in [-0.05, 0) is 109 Å². The van der Waals surface area contributed by atoms with Crippen molar-refractivity contribution in [1.29, 1.82) is 0 Å². The summed E-state index contributed by atoms with van der Waals surface area (Å²) in [6.07, 6.45) is 12.3. The highest BCUT2D eigenvalue weighted by atomic mass is 16.5. The van der Waals surface area contributed by atoms with Crippen LogP contribution in [0.3, 0.4) is 0 Å². The van der Waals surface area contributed by atoms with Gasteiger partial charge < -0.3 is 9.84 Å². The molecule has 5 aliphatic carbocycles. The molecule has 0 bridgehead atoms. The van der Waals surface area contributed by atoms with Gasteiger partial charge in [0.05, 0.1) is 18.6 Å². The Bertz CT molecular complexity index is 889. The molecule has 0 amide bonds. The van der Waals surface area contributed by atoms with Crippen molar-refractivity contribution in [2.75, 3.05) is 7.11 Å². The number of allylic oxidation sites excluding steroid dienone is 2. The smallest absolute Gasteiger partial charge is 0.312 e. The molecule has 1 N–H and O–H groups in total. The van der Waals surface area contributed by atoms with Crippen LogP contribution in [0, 0.1) is 56.7 Å². The first-order valence-corrected chi connectivity index (χ1v) is 14.3. The summed E-state index contributed by atoms with van der Waals surface area (Å²) in [7, 11) is 1.60. The third kappa shape index (κ3) is 2.83. The minimum atomic E-state index is -0.326. The SMILES string of the molecule is COC(=O)[C@]12CC[C@@H](C)[C@H](C)[C@@H]1C1=CC[C@@H]3[C@@]4(C)CC[C@@H](O)C(C)(C)[C@@H]4CC[C@@]3(C)[C@]1(C)CC2. The van der Waals surface area contributed by atoms with Crippen LogP contribution in [0.5, 0.6) is 0 Å². The van der Waals surface area contributed by atoms with Gasteiger partial charge in [-0.15, -0.1) is 0 Å². The van der Waals surface area contributed by atoms with Crippen molar-refractivity contribution in [1.82, 2.24) is 0 Å². The molecule has 34 heavy (non-hydrogen) atoms. The predicted molar refractivity (Wildman–Crippen MR) is 137 cm³/mol. The fourth-order valence-corrected chi connectivity index (χ4v) is 11.0. The van der Waals surface area contributed by atoms with Crippen molar-refractivity contribution in [2.45, 2.75) is 112 Å². The maximum atomic E-state index is 13.4. The van der Waals surface area contributed by atoms with Crippen molar-refractivity contribution < 1.29 is 14.6 Å². The molecule has 10 atom stereocenters. The lowest BCUT2D eigenvalue weighted by Gasteiger charge is -2.71. The van der Waals surface area contributed by atoms with E-state index in [2.05, 4.69) is 54.5 Å². The first-order chi connectivity index (χ1) is 15.8. The number of esters is 1. The van der Waals surface area contributed by atoms with Crippen LogP contribution < -0.4 is 0 Å². The van der Waals surface area contributed by atoms with E-state index in [4.69, 9.17) is 4.74 Å². The molecule has 0 unspecified atom stereocenters. The first-order valence-electron chi connectivity index (χ1n) is 14.3. The van der Waals surface area contributed by atoms with Gasteiger partial charge in [-0.2, -0.15) is 0 Å². The lowest BCUT2D eigenvalue weighted by atomic mass is 9.33. The summed E-state index contributed by atoms with van der Waals surface area (Å²) in [5, 5.41) is 10.9. The Morgan fingerprint density at radius 1 is 0.941 bits per heavy atom. The second-order valence-electron chi connectivity index (χ2n) is 14.7. The van der Waals surface area contributed by atoms with Crippen molar-refractivity contribution >= 4 is 5.97 Å². The average Bonchev–Trinajstić information content (AvgIpc) is 2.79. The van der Waals surface area contributed by atoms with Crippen LogP contribution in [0.15, 0.2) is 11.6 Å². The first kappa shape index (κ1) is 24.8. The lowest BCUT2D eigenvalue weighted by Crippen LogP contribution is -2.65. The summed E-state index contributed by atoms with van der Waals surface area (Å²) in [6.45, 7) is 17.2. The number of fused-ring (bicyclic) bond motifs is 7. The molecule has 5 aliphatic rings. The van der Waals surface area contributed by atoms with E-state index in [1.165, 1.54) is 12.8 Å². The van der Waals surface area contributed by atoms with E-state index in [1.54, 1.807) is 12.7 Å². The van der Waals surface area contributed by atoms with Gasteiger partial charge in [-0.1, -0.05) is 60.1 Å². The van der Waals surface area contributed by atoms with Crippen LogP contribution in [0.4, 0.5) is 0 Å². The van der Waals surface area contributed by atoms with Gasteiger partial charge in [-0.3, -0.25) is 4.79 Å². The van der Waals surface area contributed by atoms with Gasteiger partial charge >= 0.3 is 5.97 Å². The molecular weight excluding hydrogens is 420 g/mol. The second kappa shape index (κ2) is 7.59. The second-order valence-corrected chi connectivity index (χ2v) is 14.7. The van der Waals surface area contributed by atoms with Crippen LogP contribution in [0.25, 0.3) is 0 Å². The minimum Gasteiger partial charge on any atom is -0.469 e. The minimum absolute atomic E-state index is 0.0147. The van der Waals surface area contributed by atoms with E-state index in [0.717, 1.165) is 44.9 Å². The van der Waals surface area contributed by atoms with Crippen LogP contribution >= 0.6 is 0 Å². The molecule has 0 radical (unpaired) electrons.